The van der Waals surface area contributed by atoms with Crippen LogP contribution in [0, 0.1) is 11.3 Å². The van der Waals surface area contributed by atoms with Crippen molar-refractivity contribution in [3.63, 3.8) is 0 Å². The molecule has 1 heterocycles. The van der Waals surface area contributed by atoms with E-state index in [-0.39, 0.29) is 0 Å². The van der Waals surface area contributed by atoms with E-state index in [1.165, 1.54) is 49.7 Å². The Kier molecular flexibility index (Phi) is 5.87. The molecule has 0 spiro atoms. The van der Waals surface area contributed by atoms with E-state index in [1.807, 2.05) is 26.0 Å². The first-order valence-corrected chi connectivity index (χ1v) is 8.27. The van der Waals surface area contributed by atoms with E-state index in [0.29, 0.717) is 5.56 Å². The predicted octanol–water partition coefficient (Wildman–Crippen LogP) is 5.47. The fraction of sp³-hybridized carbons (Fsp3) is 0.526. The van der Waals surface area contributed by atoms with Crippen molar-refractivity contribution in [3.8, 4) is 11.8 Å². The largest absolute Gasteiger partial charge is 0.493 e. The summed E-state index contributed by atoms with van der Waals surface area (Å²) in [5.41, 5.74) is 5.03. The number of nitrogens with zero attached hydrogens (tertiary/aromatic N) is 1. The number of nitriles is 1. The van der Waals surface area contributed by atoms with Crippen molar-refractivity contribution in [2.45, 2.75) is 58.8 Å². The zero-order valence-corrected chi connectivity index (χ0v) is 13.2. The lowest BCUT2D eigenvalue weighted by molar-refractivity contribution is 0.316. The molecule has 2 nitrogen and oxygen atoms in total. The van der Waals surface area contributed by atoms with Gasteiger partial charge in [0.2, 0.25) is 0 Å². The molecular formula is C19H25NO. The van der Waals surface area contributed by atoms with Gasteiger partial charge in [-0.2, -0.15) is 5.26 Å². The van der Waals surface area contributed by atoms with Crippen LogP contribution in [0.5, 0.6) is 5.75 Å². The number of fused-ring (bicyclic) bond motifs is 1. The summed E-state index contributed by atoms with van der Waals surface area (Å²) < 4.78 is 5.73. The summed E-state index contributed by atoms with van der Waals surface area (Å²) >= 11 is 0. The van der Waals surface area contributed by atoms with Gasteiger partial charge in [0.05, 0.1) is 18.2 Å². The first kappa shape index (κ1) is 15.6. The average molecular weight is 283 g/mol. The molecule has 0 N–H and O–H groups in total. The van der Waals surface area contributed by atoms with Gasteiger partial charge in [-0.15, -0.1) is 0 Å². The van der Waals surface area contributed by atoms with Crippen molar-refractivity contribution >= 4 is 5.57 Å². The molecule has 0 amide bonds. The monoisotopic (exact) mass is 283 g/mol. The lowest BCUT2D eigenvalue weighted by Crippen LogP contribution is -2.09. The van der Waals surface area contributed by atoms with Crippen molar-refractivity contribution in [3.05, 3.63) is 34.9 Å². The molecular weight excluding hydrogens is 258 g/mol. The maximum absolute atomic E-state index is 8.97. The first-order chi connectivity index (χ1) is 10.4. The topological polar surface area (TPSA) is 33.0 Å². The standard InChI is InChI=1S/C17H19NO.C2H6/c18-12-13-7-8-16-15(9-10-19-17(16)11-13)14-5-3-1-2-4-6-14;1-2/h7-8,11H,1-6,9-10H2;1-2H3. The van der Waals surface area contributed by atoms with E-state index < -0.39 is 0 Å². The molecule has 112 valence electrons. The van der Waals surface area contributed by atoms with E-state index in [4.69, 9.17) is 10.00 Å². The highest BCUT2D eigenvalue weighted by molar-refractivity contribution is 5.75. The number of ether oxygens (including phenoxy) is 1. The van der Waals surface area contributed by atoms with E-state index >= 15 is 0 Å². The molecule has 3 rings (SSSR count). The van der Waals surface area contributed by atoms with Gasteiger partial charge in [-0.25, -0.2) is 0 Å². The lowest BCUT2D eigenvalue weighted by Gasteiger charge is -2.23. The van der Waals surface area contributed by atoms with Gasteiger partial charge in [-0.05, 0) is 49.5 Å². The number of rotatable bonds is 0. The minimum absolute atomic E-state index is 0.686. The predicted molar refractivity (Wildman–Crippen MR) is 87.2 cm³/mol. The minimum Gasteiger partial charge on any atom is -0.493 e. The van der Waals surface area contributed by atoms with Gasteiger partial charge in [-0.3, -0.25) is 0 Å². The quantitative estimate of drug-likeness (QED) is 0.591. The fourth-order valence-corrected chi connectivity index (χ4v) is 3.18. The van der Waals surface area contributed by atoms with Crippen molar-refractivity contribution in [1.29, 1.82) is 5.26 Å². The lowest BCUT2D eigenvalue weighted by atomic mass is 9.90. The highest BCUT2D eigenvalue weighted by Crippen LogP contribution is 2.39. The van der Waals surface area contributed by atoms with Crippen LogP contribution in [0.1, 0.15) is 69.9 Å². The van der Waals surface area contributed by atoms with Crippen LogP contribution in [0.15, 0.2) is 23.8 Å². The van der Waals surface area contributed by atoms with Gasteiger partial charge in [0.1, 0.15) is 5.75 Å². The Balaban J connectivity index is 0.000000774. The number of benzene rings is 1. The zero-order valence-electron chi connectivity index (χ0n) is 13.2. The van der Waals surface area contributed by atoms with Crippen LogP contribution >= 0.6 is 0 Å². The third kappa shape index (κ3) is 3.67. The SMILES string of the molecule is CC.N#Cc1ccc2c(c1)OCCC2=C1CCCCCC1. The molecule has 0 bridgehead atoms. The average Bonchev–Trinajstić information content (AvgIpc) is 2.84. The molecule has 0 saturated heterocycles. The molecule has 1 aliphatic carbocycles. The third-order valence-electron chi connectivity index (χ3n) is 4.18. The molecule has 1 saturated carbocycles. The molecule has 2 heteroatoms. The van der Waals surface area contributed by atoms with Crippen LogP contribution in [0.2, 0.25) is 0 Å². The molecule has 0 unspecified atom stereocenters. The Bertz CT molecular complexity index is 541. The fourth-order valence-electron chi connectivity index (χ4n) is 3.18. The number of allylic oxidation sites excluding steroid dienone is 1. The smallest absolute Gasteiger partial charge is 0.128 e. The Morgan fingerprint density at radius 3 is 2.38 bits per heavy atom. The van der Waals surface area contributed by atoms with Crippen molar-refractivity contribution in [2.24, 2.45) is 0 Å². The molecule has 1 aromatic rings. The molecule has 1 fully saturated rings. The van der Waals surface area contributed by atoms with Gasteiger partial charge in [0.25, 0.3) is 0 Å². The minimum atomic E-state index is 0.686. The zero-order chi connectivity index (χ0) is 15.1. The molecule has 0 atom stereocenters. The summed E-state index contributed by atoms with van der Waals surface area (Å²) in [6.45, 7) is 4.75. The van der Waals surface area contributed by atoms with Crippen LogP contribution < -0.4 is 4.74 Å². The van der Waals surface area contributed by atoms with E-state index in [9.17, 15) is 0 Å². The molecule has 0 radical (unpaired) electrons. The summed E-state index contributed by atoms with van der Waals surface area (Å²) in [6, 6.07) is 8.04. The molecule has 0 aromatic heterocycles. The van der Waals surface area contributed by atoms with Crippen molar-refractivity contribution < 1.29 is 4.74 Å². The maximum atomic E-state index is 8.97. The van der Waals surface area contributed by atoms with Gasteiger partial charge in [0, 0.05) is 12.0 Å². The second kappa shape index (κ2) is 7.88. The first-order valence-electron chi connectivity index (χ1n) is 8.27. The maximum Gasteiger partial charge on any atom is 0.128 e. The van der Waals surface area contributed by atoms with Crippen LogP contribution in [0.25, 0.3) is 5.57 Å². The highest BCUT2D eigenvalue weighted by Gasteiger charge is 2.19. The second-order valence-corrected chi connectivity index (χ2v) is 5.42. The third-order valence-corrected chi connectivity index (χ3v) is 4.18. The van der Waals surface area contributed by atoms with Gasteiger partial charge in [-0.1, -0.05) is 32.3 Å². The highest BCUT2D eigenvalue weighted by atomic mass is 16.5. The van der Waals surface area contributed by atoms with E-state index in [2.05, 4.69) is 12.1 Å². The summed E-state index contributed by atoms with van der Waals surface area (Å²) in [7, 11) is 0. The van der Waals surface area contributed by atoms with Crippen LogP contribution in [0.4, 0.5) is 0 Å². The second-order valence-electron chi connectivity index (χ2n) is 5.42. The normalized spacial score (nSPS) is 17.6. The van der Waals surface area contributed by atoms with Gasteiger partial charge >= 0.3 is 0 Å². The molecule has 2 aliphatic rings. The summed E-state index contributed by atoms with van der Waals surface area (Å²) in [5, 5.41) is 8.97. The Labute approximate surface area is 128 Å². The number of hydrogen-bond donors (Lipinski definition) is 0. The Hall–Kier alpha value is -1.75. The number of hydrogen-bond acceptors (Lipinski definition) is 2. The van der Waals surface area contributed by atoms with Crippen LogP contribution in [-0.4, -0.2) is 6.61 Å². The van der Waals surface area contributed by atoms with Gasteiger partial charge in [0.15, 0.2) is 0 Å². The molecule has 1 aromatic carbocycles. The Morgan fingerprint density at radius 2 is 1.71 bits per heavy atom. The summed E-state index contributed by atoms with van der Waals surface area (Å²) in [4.78, 5) is 0. The van der Waals surface area contributed by atoms with E-state index in [0.717, 1.165) is 18.8 Å². The van der Waals surface area contributed by atoms with Gasteiger partial charge < -0.3 is 4.74 Å². The van der Waals surface area contributed by atoms with Crippen molar-refractivity contribution in [2.75, 3.05) is 6.61 Å². The van der Waals surface area contributed by atoms with Crippen LogP contribution in [-0.2, 0) is 0 Å². The van der Waals surface area contributed by atoms with Crippen LogP contribution in [0.3, 0.4) is 0 Å². The summed E-state index contributed by atoms with van der Waals surface area (Å²) in [5.74, 6) is 0.900. The van der Waals surface area contributed by atoms with Crippen molar-refractivity contribution in [1.82, 2.24) is 0 Å². The van der Waals surface area contributed by atoms with E-state index in [1.54, 1.807) is 5.57 Å². The Morgan fingerprint density at radius 1 is 1.00 bits per heavy atom. The summed E-state index contributed by atoms with van der Waals surface area (Å²) in [6.07, 6.45) is 8.90. The molecule has 1 aliphatic heterocycles. The molecule has 21 heavy (non-hydrogen) atoms.